The van der Waals surface area contributed by atoms with E-state index in [9.17, 15) is 10.1 Å². The highest BCUT2D eigenvalue weighted by Gasteiger charge is 2.13. The van der Waals surface area contributed by atoms with E-state index in [1.807, 2.05) is 6.92 Å². The van der Waals surface area contributed by atoms with E-state index >= 15 is 0 Å². The number of anilines is 1. The monoisotopic (exact) mass is 239 g/mol. The van der Waals surface area contributed by atoms with E-state index < -0.39 is 4.92 Å². The number of nitro groups is 1. The molecule has 0 saturated carbocycles. The molecule has 1 rings (SSSR count). The van der Waals surface area contributed by atoms with Crippen molar-refractivity contribution >= 4 is 28.7 Å². The maximum Gasteiger partial charge on any atom is 0.274 e. The van der Waals surface area contributed by atoms with E-state index in [1.54, 1.807) is 19.1 Å². The zero-order valence-corrected chi connectivity index (χ0v) is 9.93. The van der Waals surface area contributed by atoms with Gasteiger partial charge >= 0.3 is 0 Å². The molecule has 0 saturated heterocycles. The van der Waals surface area contributed by atoms with Crippen LogP contribution in [-0.4, -0.2) is 16.6 Å². The quantitative estimate of drug-likeness (QED) is 0.481. The molecule has 0 heterocycles. The molecule has 5 nitrogen and oxygen atoms in total. The van der Waals surface area contributed by atoms with Crippen LogP contribution < -0.4 is 10.6 Å². The Morgan fingerprint density at radius 1 is 1.56 bits per heavy atom. The van der Waals surface area contributed by atoms with Gasteiger partial charge in [0.2, 0.25) is 0 Å². The molecule has 0 spiro atoms. The maximum absolute atomic E-state index is 10.7. The first-order valence-corrected chi connectivity index (χ1v) is 5.26. The number of hydrogen-bond acceptors (Lipinski definition) is 3. The van der Waals surface area contributed by atoms with Gasteiger partial charge in [0, 0.05) is 18.3 Å². The lowest BCUT2D eigenvalue weighted by Crippen LogP contribution is -2.28. The van der Waals surface area contributed by atoms with E-state index in [0.717, 1.165) is 0 Å². The lowest BCUT2D eigenvalue weighted by atomic mass is 10.1. The van der Waals surface area contributed by atoms with Gasteiger partial charge in [-0.05, 0) is 32.1 Å². The Morgan fingerprint density at radius 3 is 2.81 bits per heavy atom. The first kappa shape index (κ1) is 12.4. The number of benzene rings is 1. The Morgan fingerprint density at radius 2 is 2.25 bits per heavy atom. The van der Waals surface area contributed by atoms with Crippen molar-refractivity contribution in [3.8, 4) is 0 Å². The van der Waals surface area contributed by atoms with Crippen LogP contribution in [0.25, 0.3) is 0 Å². The fourth-order valence-electron chi connectivity index (χ4n) is 1.28. The van der Waals surface area contributed by atoms with Crippen LogP contribution in [0.2, 0.25) is 0 Å². The SMILES string of the molecule is CCNC(=S)Nc1cccc([N+](=O)[O-])c1C. The van der Waals surface area contributed by atoms with Crippen molar-refractivity contribution in [1.29, 1.82) is 0 Å². The molecule has 0 aliphatic carbocycles. The molecule has 86 valence electrons. The number of rotatable bonds is 3. The standard InChI is InChI=1S/C10H13N3O2S/c1-3-11-10(16)12-8-5-4-6-9(7(8)2)13(14)15/h4-6H,3H2,1-2H3,(H2,11,12,16). The summed E-state index contributed by atoms with van der Waals surface area (Å²) in [7, 11) is 0. The molecule has 0 fully saturated rings. The fraction of sp³-hybridized carbons (Fsp3) is 0.300. The molecule has 1 aromatic rings. The van der Waals surface area contributed by atoms with Crippen molar-refractivity contribution in [1.82, 2.24) is 5.32 Å². The lowest BCUT2D eigenvalue weighted by molar-refractivity contribution is -0.385. The third-order valence-electron chi connectivity index (χ3n) is 2.09. The van der Waals surface area contributed by atoms with Gasteiger partial charge in [0.15, 0.2) is 5.11 Å². The molecule has 0 atom stereocenters. The third-order valence-corrected chi connectivity index (χ3v) is 2.33. The van der Waals surface area contributed by atoms with E-state index in [-0.39, 0.29) is 5.69 Å². The molecular formula is C10H13N3O2S. The van der Waals surface area contributed by atoms with Crippen LogP contribution in [0.3, 0.4) is 0 Å². The van der Waals surface area contributed by atoms with Gasteiger partial charge < -0.3 is 10.6 Å². The minimum Gasteiger partial charge on any atom is -0.363 e. The summed E-state index contributed by atoms with van der Waals surface area (Å²) in [6.45, 7) is 4.32. The first-order chi connectivity index (χ1) is 7.56. The topological polar surface area (TPSA) is 67.2 Å². The first-order valence-electron chi connectivity index (χ1n) is 4.85. The average molecular weight is 239 g/mol. The van der Waals surface area contributed by atoms with Crippen molar-refractivity contribution in [3.63, 3.8) is 0 Å². The third kappa shape index (κ3) is 2.90. The predicted molar refractivity (Wildman–Crippen MR) is 67.7 cm³/mol. The van der Waals surface area contributed by atoms with Crippen LogP contribution in [0.15, 0.2) is 18.2 Å². The zero-order chi connectivity index (χ0) is 12.1. The summed E-state index contributed by atoms with van der Waals surface area (Å²) in [6, 6.07) is 4.85. The van der Waals surface area contributed by atoms with Gasteiger partial charge in [0.05, 0.1) is 10.5 Å². The highest BCUT2D eigenvalue weighted by molar-refractivity contribution is 7.80. The van der Waals surface area contributed by atoms with Gasteiger partial charge in [0.25, 0.3) is 5.69 Å². The second-order valence-corrected chi connectivity index (χ2v) is 3.60. The van der Waals surface area contributed by atoms with Gasteiger partial charge in [-0.15, -0.1) is 0 Å². The van der Waals surface area contributed by atoms with Gasteiger partial charge in [-0.3, -0.25) is 10.1 Å². The van der Waals surface area contributed by atoms with Crippen LogP contribution in [0.5, 0.6) is 0 Å². The molecule has 2 N–H and O–H groups in total. The molecule has 0 unspecified atom stereocenters. The van der Waals surface area contributed by atoms with Crippen LogP contribution in [0, 0.1) is 17.0 Å². The fourth-order valence-corrected chi connectivity index (χ4v) is 1.54. The summed E-state index contributed by atoms with van der Waals surface area (Å²) in [5, 5.41) is 17.0. The average Bonchev–Trinajstić information content (AvgIpc) is 2.21. The summed E-state index contributed by atoms with van der Waals surface area (Å²) in [5.74, 6) is 0. The van der Waals surface area contributed by atoms with E-state index in [2.05, 4.69) is 10.6 Å². The highest BCUT2D eigenvalue weighted by Crippen LogP contribution is 2.24. The normalized spacial score (nSPS) is 9.62. The van der Waals surface area contributed by atoms with Crippen molar-refractivity contribution in [2.24, 2.45) is 0 Å². The molecule has 1 aromatic carbocycles. The lowest BCUT2D eigenvalue weighted by Gasteiger charge is -2.10. The minimum absolute atomic E-state index is 0.0873. The van der Waals surface area contributed by atoms with E-state index in [4.69, 9.17) is 12.2 Å². The van der Waals surface area contributed by atoms with E-state index in [0.29, 0.717) is 22.9 Å². The molecule has 0 radical (unpaired) electrons. The van der Waals surface area contributed by atoms with Gasteiger partial charge in [0.1, 0.15) is 0 Å². The number of nitro benzene ring substituents is 1. The molecule has 0 aliphatic rings. The molecular weight excluding hydrogens is 226 g/mol. The summed E-state index contributed by atoms with van der Waals surface area (Å²) in [5.41, 5.74) is 1.32. The summed E-state index contributed by atoms with van der Waals surface area (Å²) in [6.07, 6.45) is 0. The maximum atomic E-state index is 10.7. The molecule has 0 amide bonds. The van der Waals surface area contributed by atoms with Crippen molar-refractivity contribution in [2.75, 3.05) is 11.9 Å². The van der Waals surface area contributed by atoms with Crippen molar-refractivity contribution in [3.05, 3.63) is 33.9 Å². The Balaban J connectivity index is 2.93. The highest BCUT2D eigenvalue weighted by atomic mass is 32.1. The Bertz CT molecular complexity index is 421. The van der Waals surface area contributed by atoms with Crippen molar-refractivity contribution < 1.29 is 4.92 Å². The predicted octanol–water partition coefficient (Wildman–Crippen LogP) is 2.21. The van der Waals surface area contributed by atoms with Crippen LogP contribution in [0.4, 0.5) is 11.4 Å². The Kier molecular flexibility index (Phi) is 4.19. The second kappa shape index (κ2) is 5.41. The zero-order valence-electron chi connectivity index (χ0n) is 9.11. The van der Waals surface area contributed by atoms with Gasteiger partial charge in [-0.25, -0.2) is 0 Å². The van der Waals surface area contributed by atoms with Gasteiger partial charge in [-0.1, -0.05) is 6.07 Å². The number of hydrogen-bond donors (Lipinski definition) is 2. The molecule has 0 bridgehead atoms. The van der Waals surface area contributed by atoms with Crippen LogP contribution in [0.1, 0.15) is 12.5 Å². The minimum atomic E-state index is -0.406. The number of nitrogens with zero attached hydrogens (tertiary/aromatic N) is 1. The molecule has 6 heteroatoms. The number of thiocarbonyl (C=S) groups is 1. The number of nitrogens with one attached hydrogen (secondary N) is 2. The second-order valence-electron chi connectivity index (χ2n) is 3.19. The Labute approximate surface area is 99.0 Å². The Hall–Kier alpha value is -1.69. The van der Waals surface area contributed by atoms with Crippen molar-refractivity contribution in [2.45, 2.75) is 13.8 Å². The van der Waals surface area contributed by atoms with Gasteiger partial charge in [-0.2, -0.15) is 0 Å². The summed E-state index contributed by atoms with van der Waals surface area (Å²) in [4.78, 5) is 10.3. The smallest absolute Gasteiger partial charge is 0.274 e. The molecule has 0 aliphatic heterocycles. The summed E-state index contributed by atoms with van der Waals surface area (Å²) >= 11 is 5.01. The largest absolute Gasteiger partial charge is 0.363 e. The van der Waals surface area contributed by atoms with Crippen LogP contribution in [-0.2, 0) is 0 Å². The van der Waals surface area contributed by atoms with E-state index in [1.165, 1.54) is 6.07 Å². The van der Waals surface area contributed by atoms with Crippen LogP contribution >= 0.6 is 12.2 Å². The molecule has 16 heavy (non-hydrogen) atoms. The summed E-state index contributed by atoms with van der Waals surface area (Å²) < 4.78 is 0. The molecule has 0 aromatic heterocycles.